The molecule has 1 unspecified atom stereocenters. The number of hydrogen-bond donors (Lipinski definition) is 1. The predicted octanol–water partition coefficient (Wildman–Crippen LogP) is 3.46. The van der Waals surface area contributed by atoms with E-state index in [1.807, 2.05) is 13.0 Å². The Labute approximate surface area is 113 Å². The Kier molecular flexibility index (Phi) is 4.24. The van der Waals surface area contributed by atoms with Crippen LogP contribution < -0.4 is 4.72 Å². The second kappa shape index (κ2) is 5.74. The zero-order valence-corrected chi connectivity index (χ0v) is 11.7. The second-order valence-electron chi connectivity index (χ2n) is 4.71. The third-order valence-electron chi connectivity index (χ3n) is 3.36. The summed E-state index contributed by atoms with van der Waals surface area (Å²) in [5.41, 5.74) is 1.23. The van der Waals surface area contributed by atoms with Crippen molar-refractivity contribution in [2.75, 3.05) is 4.72 Å². The molecule has 1 atom stereocenters. The van der Waals surface area contributed by atoms with Crippen LogP contribution in [0.5, 0.6) is 0 Å². The average Bonchev–Trinajstić information content (AvgIpc) is 2.38. The highest BCUT2D eigenvalue weighted by Gasteiger charge is 2.29. The molecule has 3 nitrogen and oxygen atoms in total. The number of halogens is 1. The standard InChI is InChI=1S/C14H18FNO2S/c1-2-11-6-3-4-9-14(11)19(17,18)16-13-8-5-7-12(15)10-13/h5-8,10,14,16H,2-4,9H2,1H3. The molecular weight excluding hydrogens is 265 g/mol. The fourth-order valence-electron chi connectivity index (χ4n) is 2.42. The first-order chi connectivity index (χ1) is 9.03. The molecule has 0 amide bonds. The zero-order chi connectivity index (χ0) is 13.9. The third kappa shape index (κ3) is 3.35. The van der Waals surface area contributed by atoms with Crippen LogP contribution in [-0.2, 0) is 10.0 Å². The highest BCUT2D eigenvalue weighted by molar-refractivity contribution is 7.93. The number of benzene rings is 1. The highest BCUT2D eigenvalue weighted by Crippen LogP contribution is 2.28. The van der Waals surface area contributed by atoms with Crippen molar-refractivity contribution in [3.05, 3.63) is 41.7 Å². The van der Waals surface area contributed by atoms with Crippen LogP contribution in [0.3, 0.4) is 0 Å². The van der Waals surface area contributed by atoms with E-state index in [9.17, 15) is 12.8 Å². The molecule has 0 aromatic heterocycles. The Balaban J connectivity index is 2.23. The van der Waals surface area contributed by atoms with Gasteiger partial charge in [-0.2, -0.15) is 0 Å². The molecule has 1 aliphatic carbocycles. The summed E-state index contributed by atoms with van der Waals surface area (Å²) >= 11 is 0. The quantitative estimate of drug-likeness (QED) is 0.860. The molecule has 1 aromatic carbocycles. The van der Waals surface area contributed by atoms with Crippen molar-refractivity contribution in [3.8, 4) is 0 Å². The molecule has 5 heteroatoms. The van der Waals surface area contributed by atoms with Gasteiger partial charge in [-0.05, 0) is 43.9 Å². The van der Waals surface area contributed by atoms with Crippen LogP contribution in [0.4, 0.5) is 10.1 Å². The van der Waals surface area contributed by atoms with Gasteiger partial charge >= 0.3 is 0 Å². The normalized spacial score (nSPS) is 19.9. The molecule has 19 heavy (non-hydrogen) atoms. The van der Waals surface area contributed by atoms with E-state index < -0.39 is 21.1 Å². The lowest BCUT2D eigenvalue weighted by atomic mass is 9.97. The van der Waals surface area contributed by atoms with Crippen LogP contribution >= 0.6 is 0 Å². The van der Waals surface area contributed by atoms with Crippen molar-refractivity contribution < 1.29 is 12.8 Å². The molecule has 0 aliphatic heterocycles. The Bertz CT molecular complexity index is 581. The summed E-state index contributed by atoms with van der Waals surface area (Å²) in [5, 5.41) is -0.491. The largest absolute Gasteiger partial charge is 0.283 e. The molecular formula is C14H18FNO2S. The average molecular weight is 283 g/mol. The number of rotatable bonds is 4. The summed E-state index contributed by atoms with van der Waals surface area (Å²) in [6.07, 6.45) is 5.19. The minimum atomic E-state index is -3.50. The summed E-state index contributed by atoms with van der Waals surface area (Å²) in [4.78, 5) is 0. The minimum Gasteiger partial charge on any atom is -0.283 e. The monoisotopic (exact) mass is 283 g/mol. The van der Waals surface area contributed by atoms with Gasteiger partial charge in [0.15, 0.2) is 0 Å². The number of hydrogen-bond acceptors (Lipinski definition) is 2. The van der Waals surface area contributed by atoms with Crippen LogP contribution in [-0.4, -0.2) is 13.7 Å². The van der Waals surface area contributed by atoms with Crippen molar-refractivity contribution in [2.24, 2.45) is 0 Å². The Morgan fingerprint density at radius 1 is 1.42 bits per heavy atom. The fourth-order valence-corrected chi connectivity index (χ4v) is 4.16. The first-order valence-electron chi connectivity index (χ1n) is 6.49. The van der Waals surface area contributed by atoms with Gasteiger partial charge < -0.3 is 0 Å². The van der Waals surface area contributed by atoms with E-state index in [1.165, 1.54) is 18.2 Å². The van der Waals surface area contributed by atoms with E-state index in [-0.39, 0.29) is 5.69 Å². The molecule has 1 aliphatic rings. The van der Waals surface area contributed by atoms with Crippen LogP contribution in [0.2, 0.25) is 0 Å². The highest BCUT2D eigenvalue weighted by atomic mass is 32.2. The van der Waals surface area contributed by atoms with Gasteiger partial charge in [0.25, 0.3) is 0 Å². The molecule has 0 radical (unpaired) electrons. The van der Waals surface area contributed by atoms with Crippen LogP contribution in [0.1, 0.15) is 32.6 Å². The molecule has 1 aromatic rings. The Morgan fingerprint density at radius 2 is 2.21 bits per heavy atom. The van der Waals surface area contributed by atoms with E-state index in [1.54, 1.807) is 6.07 Å². The lowest BCUT2D eigenvalue weighted by molar-refractivity contribution is 0.573. The molecule has 1 N–H and O–H groups in total. The minimum absolute atomic E-state index is 0.279. The van der Waals surface area contributed by atoms with Gasteiger partial charge in [-0.25, -0.2) is 12.8 Å². The van der Waals surface area contributed by atoms with Crippen molar-refractivity contribution in [1.29, 1.82) is 0 Å². The molecule has 0 spiro atoms. The van der Waals surface area contributed by atoms with E-state index in [2.05, 4.69) is 4.72 Å². The van der Waals surface area contributed by atoms with Crippen LogP contribution in [0.15, 0.2) is 35.9 Å². The van der Waals surface area contributed by atoms with E-state index in [0.717, 1.165) is 24.8 Å². The maximum atomic E-state index is 13.1. The first kappa shape index (κ1) is 14.1. The molecule has 104 valence electrons. The van der Waals surface area contributed by atoms with Gasteiger partial charge in [0.2, 0.25) is 10.0 Å². The number of anilines is 1. The number of allylic oxidation sites excluding steroid dienone is 1. The summed E-state index contributed by atoms with van der Waals surface area (Å²) in [5.74, 6) is -0.449. The molecule has 0 heterocycles. The third-order valence-corrected chi connectivity index (χ3v) is 5.17. The van der Waals surface area contributed by atoms with Gasteiger partial charge in [-0.1, -0.05) is 24.6 Å². The van der Waals surface area contributed by atoms with E-state index >= 15 is 0 Å². The van der Waals surface area contributed by atoms with Crippen LogP contribution in [0.25, 0.3) is 0 Å². The van der Waals surface area contributed by atoms with Crippen LogP contribution in [0, 0.1) is 5.82 Å². The Hall–Kier alpha value is -1.36. The predicted molar refractivity (Wildman–Crippen MR) is 75.0 cm³/mol. The van der Waals surface area contributed by atoms with Gasteiger partial charge in [0, 0.05) is 0 Å². The van der Waals surface area contributed by atoms with Gasteiger partial charge in [0.05, 0.1) is 5.69 Å². The number of nitrogens with one attached hydrogen (secondary N) is 1. The van der Waals surface area contributed by atoms with Crippen molar-refractivity contribution in [1.82, 2.24) is 0 Å². The van der Waals surface area contributed by atoms with Gasteiger partial charge in [-0.3, -0.25) is 4.72 Å². The zero-order valence-electron chi connectivity index (χ0n) is 10.9. The molecule has 0 saturated heterocycles. The summed E-state index contributed by atoms with van der Waals surface area (Å²) in [6.45, 7) is 1.96. The molecule has 0 fully saturated rings. The van der Waals surface area contributed by atoms with Gasteiger partial charge in [0.1, 0.15) is 11.1 Å². The Morgan fingerprint density at radius 3 is 2.89 bits per heavy atom. The first-order valence-corrected chi connectivity index (χ1v) is 8.03. The lowest BCUT2D eigenvalue weighted by Gasteiger charge is -2.24. The van der Waals surface area contributed by atoms with Gasteiger partial charge in [-0.15, -0.1) is 0 Å². The van der Waals surface area contributed by atoms with Crippen molar-refractivity contribution in [3.63, 3.8) is 0 Å². The topological polar surface area (TPSA) is 46.2 Å². The van der Waals surface area contributed by atoms with E-state index in [0.29, 0.717) is 6.42 Å². The molecule has 0 saturated carbocycles. The van der Waals surface area contributed by atoms with E-state index in [4.69, 9.17) is 0 Å². The SMILES string of the molecule is CCC1=CCCCC1S(=O)(=O)Nc1cccc(F)c1. The summed E-state index contributed by atoms with van der Waals surface area (Å²) in [6, 6.07) is 5.52. The maximum absolute atomic E-state index is 13.1. The maximum Gasteiger partial charge on any atom is 0.239 e. The molecule has 0 bridgehead atoms. The fraction of sp³-hybridized carbons (Fsp3) is 0.429. The van der Waals surface area contributed by atoms with Crippen molar-refractivity contribution >= 4 is 15.7 Å². The smallest absolute Gasteiger partial charge is 0.239 e. The van der Waals surface area contributed by atoms with Crippen molar-refractivity contribution in [2.45, 2.75) is 37.9 Å². The number of sulfonamides is 1. The lowest BCUT2D eigenvalue weighted by Crippen LogP contribution is -2.31. The summed E-state index contributed by atoms with van der Waals surface area (Å²) in [7, 11) is -3.50. The summed E-state index contributed by atoms with van der Waals surface area (Å²) < 4.78 is 40.3. The molecule has 2 rings (SSSR count). The second-order valence-corrected chi connectivity index (χ2v) is 6.57.